The van der Waals surface area contributed by atoms with Crippen LogP contribution in [0.3, 0.4) is 0 Å². The van der Waals surface area contributed by atoms with Gasteiger partial charge in [-0.1, -0.05) is 58.4 Å². The minimum absolute atomic E-state index is 0.0234. The zero-order valence-corrected chi connectivity index (χ0v) is 13.2. The Morgan fingerprint density at radius 2 is 1.90 bits per heavy atom. The van der Waals surface area contributed by atoms with Crippen LogP contribution in [0.4, 0.5) is 0 Å². The summed E-state index contributed by atoms with van der Waals surface area (Å²) in [6, 6.07) is 17.5. The van der Waals surface area contributed by atoms with Crippen molar-refractivity contribution in [1.29, 1.82) is 0 Å². The molecule has 0 saturated carbocycles. The topological polar surface area (TPSA) is 29.1 Å². The Balaban J connectivity index is 1.83. The van der Waals surface area contributed by atoms with E-state index in [-0.39, 0.29) is 11.3 Å². The molecule has 1 amide bonds. The average Bonchev–Trinajstić information content (AvgIpc) is 2.46. The minimum Gasteiger partial charge on any atom is -0.354 e. The van der Waals surface area contributed by atoms with Crippen LogP contribution in [0.2, 0.25) is 0 Å². The molecular weight excluding hydrogens is 338 g/mol. The lowest BCUT2D eigenvalue weighted by atomic mass is 10.1. The number of rotatable bonds is 5. The van der Waals surface area contributed by atoms with Crippen LogP contribution in [0.25, 0.3) is 0 Å². The Labute approximate surface area is 132 Å². The molecule has 0 heterocycles. The van der Waals surface area contributed by atoms with E-state index in [2.05, 4.69) is 21.2 Å². The summed E-state index contributed by atoms with van der Waals surface area (Å²) in [6.07, 6.45) is 0.359. The molecule has 0 fully saturated rings. The molecule has 2 nitrogen and oxygen atoms in total. The number of hydrogen-bond acceptors (Lipinski definition) is 1. The van der Waals surface area contributed by atoms with E-state index in [1.165, 1.54) is 0 Å². The van der Waals surface area contributed by atoms with E-state index in [4.69, 9.17) is 11.6 Å². The third kappa shape index (κ3) is 4.66. The van der Waals surface area contributed by atoms with Gasteiger partial charge in [0.2, 0.25) is 5.91 Å². The molecule has 0 bridgehead atoms. The molecular formula is C16H15BrClNO. The van der Waals surface area contributed by atoms with Crippen LogP contribution in [0.1, 0.15) is 16.5 Å². The molecule has 1 unspecified atom stereocenters. The Morgan fingerprint density at radius 1 is 1.15 bits per heavy atom. The Bertz CT molecular complexity index is 574. The summed E-state index contributed by atoms with van der Waals surface area (Å²) >= 11 is 9.65. The minimum atomic E-state index is -0.206. The lowest BCUT2D eigenvalue weighted by Gasteiger charge is -2.11. The van der Waals surface area contributed by atoms with Crippen LogP contribution in [-0.2, 0) is 11.2 Å². The molecule has 0 radical (unpaired) electrons. The van der Waals surface area contributed by atoms with E-state index in [9.17, 15) is 4.79 Å². The lowest BCUT2D eigenvalue weighted by molar-refractivity contribution is -0.120. The number of benzene rings is 2. The largest absolute Gasteiger partial charge is 0.354 e. The SMILES string of the molecule is O=C(Cc1cccc(Br)c1)NCC(Cl)c1ccccc1. The molecule has 0 saturated heterocycles. The molecule has 2 aromatic rings. The number of nitrogens with one attached hydrogen (secondary N) is 1. The first kappa shape index (κ1) is 15.1. The number of carbonyl (C=O) groups is 1. The fourth-order valence-electron chi connectivity index (χ4n) is 1.88. The molecule has 2 aromatic carbocycles. The van der Waals surface area contributed by atoms with Crippen molar-refractivity contribution in [2.75, 3.05) is 6.54 Å². The van der Waals surface area contributed by atoms with Gasteiger partial charge in [-0.3, -0.25) is 4.79 Å². The Morgan fingerprint density at radius 3 is 2.60 bits per heavy atom. The predicted octanol–water partition coefficient (Wildman–Crippen LogP) is 4.09. The van der Waals surface area contributed by atoms with Crippen LogP contribution in [-0.4, -0.2) is 12.5 Å². The van der Waals surface area contributed by atoms with E-state index in [1.54, 1.807) is 0 Å². The summed E-state index contributed by atoms with van der Waals surface area (Å²) in [5.41, 5.74) is 1.99. The molecule has 0 spiro atoms. The number of halogens is 2. The first-order valence-corrected chi connectivity index (χ1v) is 7.58. The number of amides is 1. The highest BCUT2D eigenvalue weighted by Crippen LogP contribution is 2.18. The van der Waals surface area contributed by atoms with E-state index < -0.39 is 0 Å². The average molecular weight is 353 g/mol. The number of carbonyl (C=O) groups excluding carboxylic acids is 1. The van der Waals surface area contributed by atoms with E-state index in [0.717, 1.165) is 15.6 Å². The van der Waals surface area contributed by atoms with Crippen LogP contribution < -0.4 is 5.32 Å². The maximum absolute atomic E-state index is 11.9. The fourth-order valence-corrected chi connectivity index (χ4v) is 2.55. The molecule has 4 heteroatoms. The molecule has 2 rings (SSSR count). The monoisotopic (exact) mass is 351 g/mol. The Hall–Kier alpha value is -1.32. The maximum atomic E-state index is 11.9. The molecule has 0 aliphatic rings. The van der Waals surface area contributed by atoms with Gasteiger partial charge in [-0.25, -0.2) is 0 Å². The molecule has 1 atom stereocenters. The molecule has 0 aliphatic carbocycles. The first-order valence-electron chi connectivity index (χ1n) is 6.35. The summed E-state index contributed by atoms with van der Waals surface area (Å²) in [7, 11) is 0. The molecule has 1 N–H and O–H groups in total. The van der Waals surface area contributed by atoms with E-state index in [1.807, 2.05) is 54.6 Å². The molecule has 20 heavy (non-hydrogen) atoms. The van der Waals surface area contributed by atoms with Gasteiger partial charge in [-0.15, -0.1) is 11.6 Å². The van der Waals surface area contributed by atoms with Crippen LogP contribution in [0.5, 0.6) is 0 Å². The van der Waals surface area contributed by atoms with Crippen molar-refractivity contribution in [2.24, 2.45) is 0 Å². The lowest BCUT2D eigenvalue weighted by Crippen LogP contribution is -2.28. The number of alkyl halides is 1. The van der Waals surface area contributed by atoms with Crippen molar-refractivity contribution in [3.05, 3.63) is 70.2 Å². The highest BCUT2D eigenvalue weighted by molar-refractivity contribution is 9.10. The summed E-state index contributed by atoms with van der Waals surface area (Å²) in [4.78, 5) is 11.9. The van der Waals surface area contributed by atoms with Crippen molar-refractivity contribution in [3.8, 4) is 0 Å². The summed E-state index contributed by atoms with van der Waals surface area (Å²) in [5, 5.41) is 2.66. The van der Waals surface area contributed by atoms with Gasteiger partial charge < -0.3 is 5.32 Å². The van der Waals surface area contributed by atoms with Gasteiger partial charge in [0.05, 0.1) is 11.8 Å². The van der Waals surface area contributed by atoms with Crippen LogP contribution >= 0.6 is 27.5 Å². The third-order valence-corrected chi connectivity index (χ3v) is 3.79. The van der Waals surface area contributed by atoms with Crippen molar-refractivity contribution in [1.82, 2.24) is 5.32 Å². The highest BCUT2D eigenvalue weighted by atomic mass is 79.9. The molecule has 104 valence electrons. The van der Waals surface area contributed by atoms with Gasteiger partial charge in [-0.05, 0) is 23.3 Å². The van der Waals surface area contributed by atoms with Crippen LogP contribution in [0, 0.1) is 0 Å². The summed E-state index contributed by atoms with van der Waals surface area (Å²) < 4.78 is 0.974. The second kappa shape index (κ2) is 7.46. The highest BCUT2D eigenvalue weighted by Gasteiger charge is 2.09. The fraction of sp³-hybridized carbons (Fsp3) is 0.188. The standard InChI is InChI=1S/C16H15BrClNO/c17-14-8-4-5-12(9-14)10-16(20)19-11-15(18)13-6-2-1-3-7-13/h1-9,15H,10-11H2,(H,19,20). The van der Waals surface area contributed by atoms with Crippen molar-refractivity contribution in [3.63, 3.8) is 0 Å². The maximum Gasteiger partial charge on any atom is 0.224 e. The van der Waals surface area contributed by atoms with Crippen molar-refractivity contribution < 1.29 is 4.79 Å². The van der Waals surface area contributed by atoms with Crippen molar-refractivity contribution in [2.45, 2.75) is 11.8 Å². The van der Waals surface area contributed by atoms with Gasteiger partial charge in [0.25, 0.3) is 0 Å². The first-order chi connectivity index (χ1) is 9.65. The zero-order valence-electron chi connectivity index (χ0n) is 10.9. The summed E-state index contributed by atoms with van der Waals surface area (Å²) in [6.45, 7) is 0.429. The third-order valence-electron chi connectivity index (χ3n) is 2.89. The molecule has 0 aromatic heterocycles. The number of hydrogen-bond donors (Lipinski definition) is 1. The van der Waals surface area contributed by atoms with E-state index >= 15 is 0 Å². The second-order valence-corrected chi connectivity index (χ2v) is 5.93. The van der Waals surface area contributed by atoms with Crippen molar-refractivity contribution >= 4 is 33.4 Å². The van der Waals surface area contributed by atoms with Crippen LogP contribution in [0.15, 0.2) is 59.1 Å². The van der Waals surface area contributed by atoms with Gasteiger partial charge in [0.15, 0.2) is 0 Å². The smallest absolute Gasteiger partial charge is 0.224 e. The molecule has 0 aliphatic heterocycles. The summed E-state index contributed by atoms with van der Waals surface area (Å²) in [5.74, 6) is -0.0234. The van der Waals surface area contributed by atoms with Gasteiger partial charge in [-0.2, -0.15) is 0 Å². The van der Waals surface area contributed by atoms with Gasteiger partial charge in [0.1, 0.15) is 0 Å². The van der Waals surface area contributed by atoms with E-state index in [0.29, 0.717) is 13.0 Å². The normalized spacial score (nSPS) is 11.9. The Kier molecular flexibility index (Phi) is 5.62. The van der Waals surface area contributed by atoms with Gasteiger partial charge >= 0.3 is 0 Å². The predicted molar refractivity (Wildman–Crippen MR) is 85.9 cm³/mol. The quantitative estimate of drug-likeness (QED) is 0.807. The second-order valence-electron chi connectivity index (χ2n) is 4.49. The van der Waals surface area contributed by atoms with Gasteiger partial charge in [0, 0.05) is 11.0 Å². The zero-order chi connectivity index (χ0) is 14.4.